The molecule has 2 amide bonds. The Kier molecular flexibility index (Phi) is 5.33. The lowest BCUT2D eigenvalue weighted by atomic mass is 9.85. The third-order valence-corrected chi connectivity index (χ3v) is 3.83. The van der Waals surface area contributed by atoms with Crippen molar-refractivity contribution in [2.24, 2.45) is 11.7 Å². The van der Waals surface area contributed by atoms with Crippen LogP contribution in [0.1, 0.15) is 38.2 Å². The molecule has 1 fully saturated rings. The van der Waals surface area contributed by atoms with Gasteiger partial charge in [-0.25, -0.2) is 0 Å². The first-order valence-corrected chi connectivity index (χ1v) is 7.44. The highest BCUT2D eigenvalue weighted by atomic mass is 16.2. The maximum atomic E-state index is 12.1. The fourth-order valence-electron chi connectivity index (χ4n) is 2.71. The fourth-order valence-corrected chi connectivity index (χ4v) is 2.71. The summed E-state index contributed by atoms with van der Waals surface area (Å²) in [6.07, 6.45) is 3.77. The van der Waals surface area contributed by atoms with E-state index in [0.717, 1.165) is 36.9 Å². The van der Waals surface area contributed by atoms with Gasteiger partial charge < -0.3 is 16.4 Å². The smallest absolute Gasteiger partial charge is 0.223 e. The van der Waals surface area contributed by atoms with Gasteiger partial charge in [0.25, 0.3) is 0 Å². The third-order valence-electron chi connectivity index (χ3n) is 3.83. The molecule has 2 rings (SSSR count). The molecule has 1 aliphatic rings. The summed E-state index contributed by atoms with van der Waals surface area (Å²) in [5.74, 6) is 0.0492. The molecule has 0 aromatic heterocycles. The second kappa shape index (κ2) is 7.22. The zero-order chi connectivity index (χ0) is 15.2. The van der Waals surface area contributed by atoms with Crippen molar-refractivity contribution in [3.63, 3.8) is 0 Å². The summed E-state index contributed by atoms with van der Waals surface area (Å²) in [5, 5.41) is 5.68. The van der Waals surface area contributed by atoms with Crippen molar-refractivity contribution >= 4 is 17.5 Å². The SMILES string of the molecule is CC(=O)Nc1ccc(CNC(=O)C2CCCC(N)C2)cc1. The molecule has 1 aromatic carbocycles. The maximum absolute atomic E-state index is 12.1. The number of benzene rings is 1. The Morgan fingerprint density at radius 3 is 2.57 bits per heavy atom. The first-order chi connectivity index (χ1) is 10.0. The van der Waals surface area contributed by atoms with Crippen molar-refractivity contribution in [2.75, 3.05) is 5.32 Å². The summed E-state index contributed by atoms with van der Waals surface area (Å²) in [6, 6.07) is 7.63. The van der Waals surface area contributed by atoms with Crippen LogP contribution in [0.15, 0.2) is 24.3 Å². The van der Waals surface area contributed by atoms with Crippen LogP contribution in [0, 0.1) is 5.92 Å². The number of anilines is 1. The normalized spacial score (nSPS) is 21.6. The number of hydrogen-bond donors (Lipinski definition) is 3. The van der Waals surface area contributed by atoms with Crippen LogP contribution in [0.2, 0.25) is 0 Å². The molecule has 0 radical (unpaired) electrons. The van der Waals surface area contributed by atoms with Gasteiger partial charge in [-0.05, 0) is 37.0 Å². The first kappa shape index (κ1) is 15.5. The number of rotatable bonds is 4. The van der Waals surface area contributed by atoms with Crippen LogP contribution in [0.3, 0.4) is 0 Å². The van der Waals surface area contributed by atoms with Gasteiger partial charge in [-0.3, -0.25) is 9.59 Å². The molecule has 0 aliphatic heterocycles. The van der Waals surface area contributed by atoms with Crippen molar-refractivity contribution in [1.82, 2.24) is 5.32 Å². The van der Waals surface area contributed by atoms with E-state index in [9.17, 15) is 9.59 Å². The quantitative estimate of drug-likeness (QED) is 0.790. The summed E-state index contributed by atoms with van der Waals surface area (Å²) < 4.78 is 0. The van der Waals surface area contributed by atoms with E-state index < -0.39 is 0 Å². The highest BCUT2D eigenvalue weighted by Gasteiger charge is 2.24. The number of nitrogens with one attached hydrogen (secondary N) is 2. The van der Waals surface area contributed by atoms with E-state index >= 15 is 0 Å². The molecule has 0 bridgehead atoms. The fraction of sp³-hybridized carbons (Fsp3) is 0.500. The van der Waals surface area contributed by atoms with Crippen molar-refractivity contribution < 1.29 is 9.59 Å². The number of carbonyl (C=O) groups excluding carboxylic acids is 2. The van der Waals surface area contributed by atoms with E-state index in [4.69, 9.17) is 5.73 Å². The number of amides is 2. The molecule has 0 saturated heterocycles. The lowest BCUT2D eigenvalue weighted by Gasteiger charge is -2.25. The van der Waals surface area contributed by atoms with Crippen molar-refractivity contribution in [3.05, 3.63) is 29.8 Å². The van der Waals surface area contributed by atoms with Gasteiger partial charge in [0, 0.05) is 31.1 Å². The highest BCUT2D eigenvalue weighted by molar-refractivity contribution is 5.88. The first-order valence-electron chi connectivity index (χ1n) is 7.44. The molecule has 0 spiro atoms. The van der Waals surface area contributed by atoms with E-state index in [0.29, 0.717) is 6.54 Å². The van der Waals surface area contributed by atoms with Gasteiger partial charge in [-0.1, -0.05) is 18.6 Å². The monoisotopic (exact) mass is 289 g/mol. The molecule has 1 aromatic rings. The van der Waals surface area contributed by atoms with Gasteiger partial charge in [-0.2, -0.15) is 0 Å². The molecule has 1 saturated carbocycles. The Balaban J connectivity index is 1.82. The van der Waals surface area contributed by atoms with Crippen LogP contribution in [0.5, 0.6) is 0 Å². The Morgan fingerprint density at radius 2 is 1.95 bits per heavy atom. The highest BCUT2D eigenvalue weighted by Crippen LogP contribution is 2.23. The lowest BCUT2D eigenvalue weighted by molar-refractivity contribution is -0.126. The molecule has 5 heteroatoms. The van der Waals surface area contributed by atoms with E-state index in [1.54, 1.807) is 0 Å². The summed E-state index contributed by atoms with van der Waals surface area (Å²) >= 11 is 0. The minimum Gasteiger partial charge on any atom is -0.352 e. The number of hydrogen-bond acceptors (Lipinski definition) is 3. The average molecular weight is 289 g/mol. The summed E-state index contributed by atoms with van der Waals surface area (Å²) in [6.45, 7) is 1.98. The standard InChI is InChI=1S/C16H23N3O2/c1-11(20)19-15-7-5-12(6-8-15)10-18-16(21)13-3-2-4-14(17)9-13/h5-8,13-14H,2-4,9-10,17H2,1H3,(H,18,21)(H,19,20). The molecule has 4 N–H and O–H groups in total. The maximum Gasteiger partial charge on any atom is 0.223 e. The molecular formula is C16H23N3O2. The van der Waals surface area contributed by atoms with Crippen LogP contribution in [0.4, 0.5) is 5.69 Å². The third kappa shape index (κ3) is 4.86. The Labute approximate surface area is 125 Å². The van der Waals surface area contributed by atoms with Gasteiger partial charge >= 0.3 is 0 Å². The minimum atomic E-state index is -0.0929. The molecular weight excluding hydrogens is 266 g/mol. The van der Waals surface area contributed by atoms with Crippen LogP contribution in [0.25, 0.3) is 0 Å². The predicted octanol–water partition coefficient (Wildman–Crippen LogP) is 1.78. The largest absolute Gasteiger partial charge is 0.352 e. The lowest BCUT2D eigenvalue weighted by Crippen LogP contribution is -2.37. The van der Waals surface area contributed by atoms with Gasteiger partial charge in [0.05, 0.1) is 0 Å². The van der Waals surface area contributed by atoms with Gasteiger partial charge in [0.15, 0.2) is 0 Å². The molecule has 0 heterocycles. The van der Waals surface area contributed by atoms with E-state index in [1.807, 2.05) is 24.3 Å². The molecule has 5 nitrogen and oxygen atoms in total. The van der Waals surface area contributed by atoms with Crippen LogP contribution in [-0.4, -0.2) is 17.9 Å². The van der Waals surface area contributed by atoms with Gasteiger partial charge in [-0.15, -0.1) is 0 Å². The van der Waals surface area contributed by atoms with Crippen molar-refractivity contribution in [1.29, 1.82) is 0 Å². The van der Waals surface area contributed by atoms with Gasteiger partial charge in [0.1, 0.15) is 0 Å². The average Bonchev–Trinajstić information content (AvgIpc) is 2.45. The Hall–Kier alpha value is -1.88. The van der Waals surface area contributed by atoms with Crippen LogP contribution < -0.4 is 16.4 Å². The molecule has 2 unspecified atom stereocenters. The van der Waals surface area contributed by atoms with Crippen LogP contribution >= 0.6 is 0 Å². The Morgan fingerprint density at radius 1 is 1.24 bits per heavy atom. The van der Waals surface area contributed by atoms with Crippen molar-refractivity contribution in [2.45, 2.75) is 45.2 Å². The van der Waals surface area contributed by atoms with Crippen LogP contribution in [-0.2, 0) is 16.1 Å². The number of nitrogens with two attached hydrogens (primary N) is 1. The number of carbonyl (C=O) groups is 2. The van der Waals surface area contributed by atoms with E-state index in [-0.39, 0.29) is 23.8 Å². The topological polar surface area (TPSA) is 84.2 Å². The van der Waals surface area contributed by atoms with E-state index in [2.05, 4.69) is 10.6 Å². The second-order valence-electron chi connectivity index (χ2n) is 5.72. The second-order valence-corrected chi connectivity index (χ2v) is 5.72. The summed E-state index contributed by atoms with van der Waals surface area (Å²) in [4.78, 5) is 23.0. The minimum absolute atomic E-state index is 0.0485. The Bertz CT molecular complexity index is 499. The predicted molar refractivity (Wildman–Crippen MR) is 82.5 cm³/mol. The molecule has 2 atom stereocenters. The molecule has 1 aliphatic carbocycles. The zero-order valence-electron chi connectivity index (χ0n) is 12.4. The molecule has 21 heavy (non-hydrogen) atoms. The van der Waals surface area contributed by atoms with Crippen molar-refractivity contribution in [3.8, 4) is 0 Å². The molecule has 114 valence electrons. The van der Waals surface area contributed by atoms with E-state index in [1.165, 1.54) is 6.92 Å². The summed E-state index contributed by atoms with van der Waals surface area (Å²) in [5.41, 5.74) is 7.68. The zero-order valence-corrected chi connectivity index (χ0v) is 12.4. The van der Waals surface area contributed by atoms with Gasteiger partial charge in [0.2, 0.25) is 11.8 Å². The summed E-state index contributed by atoms with van der Waals surface area (Å²) in [7, 11) is 0.